The zero-order chi connectivity index (χ0) is 22.0. The second kappa shape index (κ2) is 9.29. The van der Waals surface area contributed by atoms with Crippen LogP contribution in [0.3, 0.4) is 0 Å². The quantitative estimate of drug-likeness (QED) is 0.178. The Bertz CT molecular complexity index is 648. The van der Waals surface area contributed by atoms with Crippen LogP contribution in [0, 0.1) is 5.41 Å². The maximum Gasteiger partial charge on any atom is 0.192 e. The van der Waals surface area contributed by atoms with E-state index in [4.69, 9.17) is 9.16 Å². The molecule has 1 saturated carbocycles. The minimum Gasteiger partial charge on any atom is -0.410 e. The number of hydrogen-bond donors (Lipinski definition) is 0. The van der Waals surface area contributed by atoms with E-state index < -0.39 is 8.32 Å². The van der Waals surface area contributed by atoms with Gasteiger partial charge in [-0.3, -0.25) is 0 Å². The van der Waals surface area contributed by atoms with Gasteiger partial charge in [0.1, 0.15) is 0 Å². The highest BCUT2D eigenvalue weighted by Gasteiger charge is 2.58. The lowest BCUT2D eigenvalue weighted by atomic mass is 9.54. The summed E-state index contributed by atoms with van der Waals surface area (Å²) in [5.74, 6) is 0. The van der Waals surface area contributed by atoms with Gasteiger partial charge in [0.25, 0.3) is 0 Å². The molecule has 0 saturated heterocycles. The Hall–Kier alpha value is 0.0869. The van der Waals surface area contributed by atoms with Crippen molar-refractivity contribution in [3.8, 4) is 0 Å². The summed E-state index contributed by atoms with van der Waals surface area (Å²) in [5, 5.41) is 0.213. The molecule has 0 heterocycles. The molecule has 0 radical (unpaired) electrons. The van der Waals surface area contributed by atoms with Crippen LogP contribution in [0.5, 0.6) is 0 Å². The minimum atomic E-state index is -1.91. The normalized spacial score (nSPS) is 33.4. The van der Waals surface area contributed by atoms with Gasteiger partial charge in [-0.1, -0.05) is 74.1 Å². The molecule has 0 N–H and O–H groups in total. The van der Waals surface area contributed by atoms with E-state index in [9.17, 15) is 0 Å². The predicted molar refractivity (Wildman–Crippen MR) is 137 cm³/mol. The summed E-state index contributed by atoms with van der Waals surface area (Å²) in [4.78, 5) is 0. The number of halogens is 1. The Morgan fingerprint density at radius 3 is 2.48 bits per heavy atom. The topological polar surface area (TPSA) is 18.5 Å². The maximum atomic E-state index is 7.41. The van der Waals surface area contributed by atoms with Gasteiger partial charge in [-0.15, -0.1) is 6.58 Å². The molecule has 2 aliphatic rings. The van der Waals surface area contributed by atoms with E-state index in [0.29, 0.717) is 0 Å². The molecule has 0 aromatic rings. The molecular weight excluding hydrogens is 487 g/mol. The van der Waals surface area contributed by atoms with Gasteiger partial charge in [0.15, 0.2) is 8.32 Å². The van der Waals surface area contributed by atoms with E-state index >= 15 is 0 Å². The monoisotopic (exact) mass is 530 g/mol. The number of methoxy groups -OCH3 is 1. The molecule has 1 fully saturated rings. The maximum absolute atomic E-state index is 7.41. The molecule has 29 heavy (non-hydrogen) atoms. The lowest BCUT2D eigenvalue weighted by molar-refractivity contribution is -0.110. The number of rotatable bonds is 8. The van der Waals surface area contributed by atoms with Gasteiger partial charge in [0.05, 0.1) is 11.2 Å². The third-order valence-electron chi connectivity index (χ3n) is 8.26. The third kappa shape index (κ3) is 4.96. The molecular formula is C25H43IO2Si. The van der Waals surface area contributed by atoms with Crippen LogP contribution in [0.15, 0.2) is 34.5 Å². The van der Waals surface area contributed by atoms with E-state index in [1.807, 2.05) is 13.2 Å². The van der Waals surface area contributed by atoms with Crippen molar-refractivity contribution < 1.29 is 9.16 Å². The standard InChI is InChI=1S/C25H43IO2Si/c1-9-14-24(27-6)18-17-23(5)21(20-24)13-12-16-25(23,15-10-11-19-26)28-29(7,8)22(2,3)4/h9,11,13,19H,1,10,12,14-18,20H2,2-8H3/b19-11-/t23-,24-,25-/m0/s1. The lowest BCUT2D eigenvalue weighted by Crippen LogP contribution is -2.61. The first-order valence-electron chi connectivity index (χ1n) is 11.2. The van der Waals surface area contributed by atoms with Gasteiger partial charge in [-0.05, 0) is 73.6 Å². The molecule has 3 atom stereocenters. The first kappa shape index (κ1) is 25.3. The second-order valence-corrected chi connectivity index (χ2v) is 16.4. The van der Waals surface area contributed by atoms with Crippen LogP contribution in [-0.4, -0.2) is 26.6 Å². The highest BCUT2D eigenvalue weighted by atomic mass is 127. The number of hydrogen-bond acceptors (Lipinski definition) is 2. The summed E-state index contributed by atoms with van der Waals surface area (Å²) in [6.07, 6.45) is 15.4. The van der Waals surface area contributed by atoms with Crippen LogP contribution < -0.4 is 0 Å². The molecule has 0 aliphatic heterocycles. The summed E-state index contributed by atoms with van der Waals surface area (Å²) >= 11 is 2.34. The van der Waals surface area contributed by atoms with E-state index in [1.165, 1.54) is 0 Å². The predicted octanol–water partition coefficient (Wildman–Crippen LogP) is 8.35. The summed E-state index contributed by atoms with van der Waals surface area (Å²) in [6.45, 7) is 18.4. The van der Waals surface area contributed by atoms with Gasteiger partial charge >= 0.3 is 0 Å². The summed E-state index contributed by atoms with van der Waals surface area (Å²) < 4.78 is 15.6. The van der Waals surface area contributed by atoms with Crippen LogP contribution >= 0.6 is 22.6 Å². The fourth-order valence-electron chi connectivity index (χ4n) is 5.17. The van der Waals surface area contributed by atoms with Crippen molar-refractivity contribution in [1.82, 2.24) is 0 Å². The molecule has 166 valence electrons. The van der Waals surface area contributed by atoms with E-state index in [0.717, 1.165) is 51.4 Å². The Morgan fingerprint density at radius 1 is 1.24 bits per heavy atom. The van der Waals surface area contributed by atoms with E-state index in [2.05, 4.69) is 86.2 Å². The summed E-state index contributed by atoms with van der Waals surface area (Å²) in [5.41, 5.74) is 1.48. The molecule has 2 rings (SSSR count). The van der Waals surface area contributed by atoms with Crippen molar-refractivity contribution in [2.45, 2.75) is 108 Å². The van der Waals surface area contributed by atoms with Crippen molar-refractivity contribution in [1.29, 1.82) is 0 Å². The molecule has 2 nitrogen and oxygen atoms in total. The SMILES string of the molecule is C=CC[C@]1(OC)CC[C@@]2(C)C(=CCC[C@]2(CC/C=C\I)O[Si](C)(C)C(C)(C)C)C1. The van der Waals surface area contributed by atoms with Crippen molar-refractivity contribution in [3.63, 3.8) is 0 Å². The Labute approximate surface area is 194 Å². The molecule has 0 bridgehead atoms. The van der Waals surface area contributed by atoms with Crippen molar-refractivity contribution in [2.75, 3.05) is 7.11 Å². The van der Waals surface area contributed by atoms with Gasteiger partial charge in [-0.25, -0.2) is 0 Å². The molecule has 0 unspecified atom stereocenters. The zero-order valence-electron chi connectivity index (χ0n) is 19.9. The largest absolute Gasteiger partial charge is 0.410 e. The minimum absolute atomic E-state index is 0.0791. The number of ether oxygens (including phenoxy) is 1. The summed E-state index contributed by atoms with van der Waals surface area (Å²) in [6, 6.07) is 0. The smallest absolute Gasteiger partial charge is 0.192 e. The highest BCUT2D eigenvalue weighted by molar-refractivity contribution is 14.1. The van der Waals surface area contributed by atoms with E-state index in [-0.39, 0.29) is 21.7 Å². The first-order valence-corrected chi connectivity index (χ1v) is 15.4. The first-order chi connectivity index (χ1) is 13.4. The van der Waals surface area contributed by atoms with Gasteiger partial charge in [-0.2, -0.15) is 0 Å². The fraction of sp³-hybridized carbons (Fsp3) is 0.760. The fourth-order valence-corrected chi connectivity index (χ4v) is 7.25. The molecule has 0 spiro atoms. The average Bonchev–Trinajstić information content (AvgIpc) is 2.63. The van der Waals surface area contributed by atoms with Crippen LogP contribution in [0.4, 0.5) is 0 Å². The van der Waals surface area contributed by atoms with E-state index in [1.54, 1.807) is 5.57 Å². The lowest BCUT2D eigenvalue weighted by Gasteiger charge is -2.60. The van der Waals surface area contributed by atoms with Crippen LogP contribution in [0.1, 0.15) is 79.1 Å². The Balaban J connectivity index is 2.47. The van der Waals surface area contributed by atoms with Crippen molar-refractivity contribution >= 4 is 30.9 Å². The molecule has 0 aromatic carbocycles. The summed E-state index contributed by atoms with van der Waals surface area (Å²) in [7, 11) is -0.0328. The third-order valence-corrected chi connectivity index (χ3v) is 13.3. The van der Waals surface area contributed by atoms with Crippen molar-refractivity contribution in [3.05, 3.63) is 34.5 Å². The number of fused-ring (bicyclic) bond motifs is 1. The van der Waals surface area contributed by atoms with Gasteiger partial charge in [0, 0.05) is 12.5 Å². The molecule has 4 heteroatoms. The average molecular weight is 531 g/mol. The molecule has 0 amide bonds. The van der Waals surface area contributed by atoms with Crippen LogP contribution in [0.2, 0.25) is 18.1 Å². The van der Waals surface area contributed by atoms with Crippen molar-refractivity contribution in [2.24, 2.45) is 5.41 Å². The highest BCUT2D eigenvalue weighted by Crippen LogP contribution is 2.60. The second-order valence-electron chi connectivity index (χ2n) is 10.9. The Morgan fingerprint density at radius 2 is 1.93 bits per heavy atom. The number of allylic oxidation sites excluding steroid dienone is 2. The van der Waals surface area contributed by atoms with Crippen LogP contribution in [-0.2, 0) is 9.16 Å². The Kier molecular flexibility index (Phi) is 8.12. The molecule has 2 aliphatic carbocycles. The van der Waals surface area contributed by atoms with Gasteiger partial charge in [0.2, 0.25) is 0 Å². The van der Waals surface area contributed by atoms with Gasteiger partial charge < -0.3 is 9.16 Å². The van der Waals surface area contributed by atoms with Crippen LogP contribution in [0.25, 0.3) is 0 Å². The molecule has 0 aromatic heterocycles. The zero-order valence-corrected chi connectivity index (χ0v) is 23.0.